The van der Waals surface area contributed by atoms with Crippen molar-refractivity contribution in [1.82, 2.24) is 35.3 Å². The molecule has 1 aliphatic heterocycles. The zero-order valence-corrected chi connectivity index (χ0v) is 21.1. The maximum atomic E-state index is 15.4. The van der Waals surface area contributed by atoms with Gasteiger partial charge >= 0.3 is 18.0 Å². The first kappa shape index (κ1) is 28.8. The van der Waals surface area contributed by atoms with Crippen LogP contribution in [0.5, 0.6) is 5.75 Å². The number of H-pyrrole nitrogens is 1. The summed E-state index contributed by atoms with van der Waals surface area (Å²) in [7, 11) is 0. The van der Waals surface area contributed by atoms with Crippen molar-refractivity contribution in [3.63, 3.8) is 0 Å². The first-order chi connectivity index (χ1) is 19.3. The topological polar surface area (TPSA) is 123 Å². The summed E-state index contributed by atoms with van der Waals surface area (Å²) in [5.74, 6) is -1.65. The Kier molecular flexibility index (Phi) is 7.44. The summed E-state index contributed by atoms with van der Waals surface area (Å²) in [6.45, 7) is -0.438. The molecule has 10 nitrogen and oxygen atoms in total. The molecule has 2 aliphatic rings. The van der Waals surface area contributed by atoms with Gasteiger partial charge < -0.3 is 9.84 Å². The van der Waals surface area contributed by atoms with E-state index in [2.05, 4.69) is 15.5 Å². The van der Waals surface area contributed by atoms with E-state index in [1.807, 2.05) is 10.4 Å². The molecule has 2 unspecified atom stereocenters. The Morgan fingerprint density at radius 3 is 2.49 bits per heavy atom. The van der Waals surface area contributed by atoms with Crippen molar-refractivity contribution in [2.45, 2.75) is 68.7 Å². The molecule has 1 saturated carbocycles. The molecule has 2 aromatic heterocycles. The fourth-order valence-electron chi connectivity index (χ4n) is 4.95. The number of ether oxygens (including phenoxy) is 1. The molecule has 2 atom stereocenters. The Labute approximate surface area is 226 Å². The highest BCUT2D eigenvalue weighted by Gasteiger charge is 2.61. The molecule has 1 aliphatic carbocycles. The van der Waals surface area contributed by atoms with Gasteiger partial charge in [-0.3, -0.25) is 10.00 Å². The van der Waals surface area contributed by atoms with Crippen molar-refractivity contribution >= 4 is 11.3 Å². The van der Waals surface area contributed by atoms with E-state index in [0.717, 1.165) is 31.4 Å². The number of nitrogens with one attached hydrogen (secondary N) is 2. The number of benzene rings is 1. The third-order valence-electron chi connectivity index (χ3n) is 7.22. The number of aliphatic hydroxyl groups is 1. The van der Waals surface area contributed by atoms with E-state index >= 15 is 4.39 Å². The van der Waals surface area contributed by atoms with Crippen LogP contribution in [0.2, 0.25) is 0 Å². The predicted octanol–water partition coefficient (Wildman–Crippen LogP) is 3.89. The molecule has 1 fully saturated rings. The molecule has 0 saturated heterocycles. The SMILES string of the molecule is O=c1[nH]nnn1C1=C(c2ccn(C3CCC3)n2)CC(c2ccc(OCCCC(F)(F)F)cc2F)(C(F)(F)F)NC1O. The van der Waals surface area contributed by atoms with E-state index in [1.165, 1.54) is 6.07 Å². The molecule has 1 aromatic carbocycles. The molecule has 17 heteroatoms. The maximum Gasteiger partial charge on any atom is 0.411 e. The van der Waals surface area contributed by atoms with Crippen molar-refractivity contribution < 1.29 is 40.6 Å². The lowest BCUT2D eigenvalue weighted by Gasteiger charge is -2.43. The summed E-state index contributed by atoms with van der Waals surface area (Å²) in [6.07, 6.45) is -10.2. The second kappa shape index (κ2) is 10.6. The number of halogens is 7. The summed E-state index contributed by atoms with van der Waals surface area (Å²) < 4.78 is 104. The minimum absolute atomic E-state index is 0.0148. The van der Waals surface area contributed by atoms with Crippen LogP contribution in [0.15, 0.2) is 35.3 Å². The van der Waals surface area contributed by atoms with Gasteiger partial charge in [0.2, 0.25) is 0 Å². The average Bonchev–Trinajstić information content (AvgIpc) is 3.48. The van der Waals surface area contributed by atoms with Gasteiger partial charge in [-0.2, -0.15) is 36.1 Å². The van der Waals surface area contributed by atoms with E-state index in [1.54, 1.807) is 10.9 Å². The van der Waals surface area contributed by atoms with Crippen LogP contribution in [0, 0.1) is 5.82 Å². The molecule has 0 bridgehead atoms. The third kappa shape index (κ3) is 5.59. The summed E-state index contributed by atoms with van der Waals surface area (Å²) >= 11 is 0. The summed E-state index contributed by atoms with van der Waals surface area (Å²) in [5, 5.41) is 26.3. The highest BCUT2D eigenvalue weighted by molar-refractivity contribution is 5.85. The van der Waals surface area contributed by atoms with Crippen LogP contribution in [0.4, 0.5) is 30.7 Å². The van der Waals surface area contributed by atoms with E-state index < -0.39 is 67.1 Å². The quantitative estimate of drug-likeness (QED) is 0.269. The van der Waals surface area contributed by atoms with E-state index in [-0.39, 0.29) is 28.8 Å². The van der Waals surface area contributed by atoms with Gasteiger partial charge in [0.15, 0.2) is 0 Å². The molecule has 3 aromatic rings. The first-order valence-electron chi connectivity index (χ1n) is 12.6. The number of aromatic amines is 1. The van der Waals surface area contributed by atoms with Crippen LogP contribution in [0.25, 0.3) is 11.3 Å². The fourth-order valence-corrected chi connectivity index (χ4v) is 4.95. The van der Waals surface area contributed by atoms with Crippen molar-refractivity contribution in [2.75, 3.05) is 6.61 Å². The largest absolute Gasteiger partial charge is 0.493 e. The lowest BCUT2D eigenvalue weighted by atomic mass is 9.78. The van der Waals surface area contributed by atoms with Crippen molar-refractivity contribution in [1.29, 1.82) is 0 Å². The molecule has 5 rings (SSSR count). The molecule has 3 N–H and O–H groups in total. The zero-order valence-electron chi connectivity index (χ0n) is 21.1. The molecule has 41 heavy (non-hydrogen) atoms. The lowest BCUT2D eigenvalue weighted by Crippen LogP contribution is -2.61. The van der Waals surface area contributed by atoms with Crippen LogP contribution < -0.4 is 15.7 Å². The minimum Gasteiger partial charge on any atom is -0.493 e. The van der Waals surface area contributed by atoms with Gasteiger partial charge in [-0.1, -0.05) is 6.07 Å². The lowest BCUT2D eigenvalue weighted by molar-refractivity contribution is -0.208. The smallest absolute Gasteiger partial charge is 0.411 e. The van der Waals surface area contributed by atoms with Crippen LogP contribution in [-0.2, 0) is 5.54 Å². The number of nitrogens with zero attached hydrogens (tertiary/aromatic N) is 5. The van der Waals surface area contributed by atoms with Crippen molar-refractivity contribution in [3.05, 3.63) is 58.0 Å². The molecular formula is C24H24F7N7O3. The van der Waals surface area contributed by atoms with E-state index in [4.69, 9.17) is 4.74 Å². The number of hydrogen-bond donors (Lipinski definition) is 3. The number of aromatic nitrogens is 6. The molecule has 222 valence electrons. The Balaban J connectivity index is 1.55. The first-order valence-corrected chi connectivity index (χ1v) is 12.6. The number of tetrazole rings is 1. The summed E-state index contributed by atoms with van der Waals surface area (Å²) in [4.78, 5) is 12.3. The zero-order chi connectivity index (χ0) is 29.6. The van der Waals surface area contributed by atoms with Gasteiger partial charge in [0, 0.05) is 36.2 Å². The normalized spacial score (nSPS) is 22.2. The van der Waals surface area contributed by atoms with Crippen LogP contribution in [0.1, 0.15) is 55.8 Å². The highest BCUT2D eigenvalue weighted by Crippen LogP contribution is 2.50. The number of aliphatic hydroxyl groups excluding tert-OH is 1. The van der Waals surface area contributed by atoms with Crippen molar-refractivity contribution in [2.24, 2.45) is 0 Å². The second-order valence-corrected chi connectivity index (χ2v) is 9.88. The number of hydrogen-bond acceptors (Lipinski definition) is 7. The van der Waals surface area contributed by atoms with Gasteiger partial charge in [-0.05, 0) is 48.2 Å². The number of alkyl halides is 6. The van der Waals surface area contributed by atoms with E-state index in [0.29, 0.717) is 10.7 Å². The Bertz CT molecular complexity index is 1490. The Morgan fingerprint density at radius 2 is 1.90 bits per heavy atom. The molecular weight excluding hydrogens is 567 g/mol. The highest BCUT2D eigenvalue weighted by atomic mass is 19.4. The Hall–Kier alpha value is -3.73. The molecule has 0 amide bonds. The minimum atomic E-state index is -5.20. The second-order valence-electron chi connectivity index (χ2n) is 9.88. The van der Waals surface area contributed by atoms with E-state index in [9.17, 15) is 36.2 Å². The number of rotatable bonds is 8. The predicted molar refractivity (Wildman–Crippen MR) is 128 cm³/mol. The van der Waals surface area contributed by atoms with Gasteiger partial charge in [0.1, 0.15) is 23.3 Å². The maximum absolute atomic E-state index is 15.4. The third-order valence-corrected chi connectivity index (χ3v) is 7.22. The monoisotopic (exact) mass is 591 g/mol. The van der Waals surface area contributed by atoms with Crippen LogP contribution >= 0.6 is 0 Å². The molecule has 0 radical (unpaired) electrons. The Morgan fingerprint density at radius 1 is 1.15 bits per heavy atom. The molecule has 0 spiro atoms. The van der Waals surface area contributed by atoms with Crippen LogP contribution in [-0.4, -0.2) is 60.3 Å². The van der Waals surface area contributed by atoms with Gasteiger partial charge in [-0.25, -0.2) is 14.3 Å². The summed E-state index contributed by atoms with van der Waals surface area (Å²) in [6, 6.07) is 3.91. The van der Waals surface area contributed by atoms with Crippen molar-refractivity contribution in [3.8, 4) is 5.75 Å². The fraction of sp³-hybridized carbons (Fsp3) is 0.500. The van der Waals surface area contributed by atoms with Gasteiger partial charge in [0.05, 0.1) is 24.0 Å². The average molecular weight is 591 g/mol. The van der Waals surface area contributed by atoms with Gasteiger partial charge in [-0.15, -0.1) is 0 Å². The standard InChI is InChI=1S/C24H24F7N7O3/c25-17-11-14(41-10-2-8-23(26,27)28)5-6-16(17)22(24(29,30)31)12-15(18-7-9-37(34-18)13-3-1-4-13)19(20(39)32-22)38-21(40)33-35-36-38/h5-7,9,11,13,20,32,39H,1-4,8,10,12H2,(H,33,36,40). The van der Waals surface area contributed by atoms with Gasteiger partial charge in [0.25, 0.3) is 0 Å². The van der Waals surface area contributed by atoms with Crippen LogP contribution in [0.3, 0.4) is 0 Å². The summed E-state index contributed by atoms with van der Waals surface area (Å²) in [5.41, 5.74) is -5.63. The molecule has 3 heterocycles.